The summed E-state index contributed by atoms with van der Waals surface area (Å²) in [6, 6.07) is 2.14. The summed E-state index contributed by atoms with van der Waals surface area (Å²) in [6.07, 6.45) is -0.363. The Bertz CT molecular complexity index is 490. The van der Waals surface area contributed by atoms with E-state index in [1.165, 1.54) is 6.07 Å². The van der Waals surface area contributed by atoms with Gasteiger partial charge in [-0.1, -0.05) is 0 Å². The monoisotopic (exact) mass is 306 g/mol. The molecule has 0 spiro atoms. The Morgan fingerprint density at radius 3 is 2.24 bits per heavy atom. The number of nitrogen functional groups attached to an aromatic ring is 1. The SMILES string of the molecule is COC1CN(c2cc(OC(F)F)c(F)cc2N)CC1OC. The van der Waals surface area contributed by atoms with Crippen molar-refractivity contribution in [3.8, 4) is 5.75 Å². The van der Waals surface area contributed by atoms with Crippen LogP contribution < -0.4 is 15.4 Å². The predicted molar refractivity (Wildman–Crippen MR) is 71.3 cm³/mol. The van der Waals surface area contributed by atoms with E-state index < -0.39 is 18.2 Å². The van der Waals surface area contributed by atoms with E-state index in [4.69, 9.17) is 15.2 Å². The molecule has 2 unspecified atom stereocenters. The second kappa shape index (κ2) is 6.40. The minimum absolute atomic E-state index is 0.140. The van der Waals surface area contributed by atoms with Gasteiger partial charge in [0.05, 0.1) is 11.4 Å². The number of nitrogens with zero attached hydrogens (tertiary/aromatic N) is 1. The molecule has 1 aliphatic heterocycles. The lowest BCUT2D eigenvalue weighted by atomic mass is 10.2. The highest BCUT2D eigenvalue weighted by Crippen LogP contribution is 2.34. The molecule has 0 radical (unpaired) electrons. The molecule has 1 fully saturated rings. The Labute approximate surface area is 120 Å². The van der Waals surface area contributed by atoms with E-state index in [1.54, 1.807) is 19.1 Å². The highest BCUT2D eigenvalue weighted by molar-refractivity contribution is 5.70. The molecule has 118 valence electrons. The summed E-state index contributed by atoms with van der Waals surface area (Å²) in [5.74, 6) is -1.47. The molecule has 2 rings (SSSR count). The molecule has 1 saturated heterocycles. The molecule has 0 amide bonds. The average Bonchev–Trinajstić information content (AvgIpc) is 2.84. The fraction of sp³-hybridized carbons (Fsp3) is 0.538. The number of hydrogen-bond donors (Lipinski definition) is 1. The summed E-state index contributed by atoms with van der Waals surface area (Å²) < 4.78 is 52.8. The molecule has 0 aliphatic carbocycles. The van der Waals surface area contributed by atoms with Gasteiger partial charge in [0, 0.05) is 39.4 Å². The summed E-state index contributed by atoms with van der Waals surface area (Å²) in [7, 11) is 3.11. The number of anilines is 2. The quantitative estimate of drug-likeness (QED) is 0.842. The first-order valence-electron chi connectivity index (χ1n) is 6.30. The maximum atomic E-state index is 13.6. The van der Waals surface area contributed by atoms with Crippen LogP contribution in [0.15, 0.2) is 12.1 Å². The third-order valence-electron chi connectivity index (χ3n) is 3.46. The summed E-state index contributed by atoms with van der Waals surface area (Å²) in [6.45, 7) is -2.19. The van der Waals surface area contributed by atoms with Crippen LogP contribution >= 0.6 is 0 Å². The maximum Gasteiger partial charge on any atom is 0.387 e. The van der Waals surface area contributed by atoms with Crippen molar-refractivity contribution in [3.05, 3.63) is 17.9 Å². The van der Waals surface area contributed by atoms with E-state index >= 15 is 0 Å². The number of rotatable bonds is 5. The number of alkyl halides is 2. The van der Waals surface area contributed by atoms with Crippen molar-refractivity contribution in [2.24, 2.45) is 0 Å². The number of hydrogen-bond acceptors (Lipinski definition) is 5. The van der Waals surface area contributed by atoms with Gasteiger partial charge < -0.3 is 24.8 Å². The molecule has 0 bridgehead atoms. The lowest BCUT2D eigenvalue weighted by Crippen LogP contribution is -2.27. The van der Waals surface area contributed by atoms with E-state index in [0.717, 1.165) is 6.07 Å². The minimum Gasteiger partial charge on any atom is -0.432 e. The van der Waals surface area contributed by atoms with Gasteiger partial charge >= 0.3 is 6.61 Å². The van der Waals surface area contributed by atoms with Gasteiger partial charge in [0.1, 0.15) is 12.2 Å². The van der Waals surface area contributed by atoms with Crippen LogP contribution in [0.2, 0.25) is 0 Å². The first kappa shape index (κ1) is 15.7. The highest BCUT2D eigenvalue weighted by Gasteiger charge is 2.34. The molecular weight excluding hydrogens is 289 g/mol. The van der Waals surface area contributed by atoms with E-state index in [9.17, 15) is 13.2 Å². The second-order valence-electron chi connectivity index (χ2n) is 4.67. The molecule has 1 aliphatic rings. The molecule has 21 heavy (non-hydrogen) atoms. The molecule has 2 N–H and O–H groups in total. The van der Waals surface area contributed by atoms with Gasteiger partial charge in [0.2, 0.25) is 0 Å². The van der Waals surface area contributed by atoms with Crippen LogP contribution in [0.1, 0.15) is 0 Å². The maximum absolute atomic E-state index is 13.6. The number of methoxy groups -OCH3 is 2. The van der Waals surface area contributed by atoms with Crippen molar-refractivity contribution in [2.75, 3.05) is 37.9 Å². The van der Waals surface area contributed by atoms with Crippen molar-refractivity contribution in [1.29, 1.82) is 0 Å². The van der Waals surface area contributed by atoms with Gasteiger partial charge in [0.25, 0.3) is 0 Å². The normalized spacial score (nSPS) is 22.1. The fourth-order valence-electron chi connectivity index (χ4n) is 2.41. The molecule has 1 heterocycles. The zero-order valence-electron chi connectivity index (χ0n) is 11.7. The van der Waals surface area contributed by atoms with Crippen molar-refractivity contribution in [3.63, 3.8) is 0 Å². The molecule has 5 nitrogen and oxygen atoms in total. The minimum atomic E-state index is -3.10. The van der Waals surface area contributed by atoms with Gasteiger partial charge in [-0.15, -0.1) is 0 Å². The number of ether oxygens (including phenoxy) is 3. The smallest absolute Gasteiger partial charge is 0.387 e. The van der Waals surface area contributed by atoms with Gasteiger partial charge in [-0.2, -0.15) is 8.78 Å². The number of nitrogens with two attached hydrogens (primary N) is 1. The molecule has 1 aromatic carbocycles. The van der Waals surface area contributed by atoms with Gasteiger partial charge in [0.15, 0.2) is 11.6 Å². The standard InChI is InChI=1S/C13H17F3N2O3/c1-19-11-5-18(6-12(11)20-2)9-4-10(21-13(15)16)7(14)3-8(9)17/h3-4,11-13H,5-6,17H2,1-2H3. The molecule has 0 aromatic heterocycles. The molecule has 2 atom stereocenters. The first-order valence-corrected chi connectivity index (χ1v) is 6.30. The topological polar surface area (TPSA) is 57.0 Å². The van der Waals surface area contributed by atoms with Crippen LogP contribution in [0.4, 0.5) is 24.5 Å². The molecular formula is C13H17F3N2O3. The van der Waals surface area contributed by atoms with E-state index in [2.05, 4.69) is 4.74 Å². The lowest BCUT2D eigenvalue weighted by molar-refractivity contribution is -0.0521. The predicted octanol–water partition coefficient (Wildman–Crippen LogP) is 1.86. The van der Waals surface area contributed by atoms with Crippen molar-refractivity contribution >= 4 is 11.4 Å². The second-order valence-corrected chi connectivity index (χ2v) is 4.67. The largest absolute Gasteiger partial charge is 0.432 e. The molecule has 0 saturated carbocycles. The van der Waals surface area contributed by atoms with E-state index in [0.29, 0.717) is 18.8 Å². The number of benzene rings is 1. The van der Waals surface area contributed by atoms with Crippen molar-refractivity contribution in [1.82, 2.24) is 0 Å². The third-order valence-corrected chi connectivity index (χ3v) is 3.46. The van der Waals surface area contributed by atoms with Crippen molar-refractivity contribution < 1.29 is 27.4 Å². The van der Waals surface area contributed by atoms with E-state index in [-0.39, 0.29) is 17.9 Å². The summed E-state index contributed by atoms with van der Waals surface area (Å²) >= 11 is 0. The van der Waals surface area contributed by atoms with Gasteiger partial charge in [-0.3, -0.25) is 0 Å². The third kappa shape index (κ3) is 3.33. The Balaban J connectivity index is 2.27. The lowest BCUT2D eigenvalue weighted by Gasteiger charge is -2.21. The summed E-state index contributed by atoms with van der Waals surface area (Å²) in [4.78, 5) is 1.79. The Morgan fingerprint density at radius 2 is 1.76 bits per heavy atom. The van der Waals surface area contributed by atoms with Crippen molar-refractivity contribution in [2.45, 2.75) is 18.8 Å². The van der Waals surface area contributed by atoms with Crippen LogP contribution in [0.5, 0.6) is 5.75 Å². The first-order chi connectivity index (χ1) is 9.96. The zero-order valence-corrected chi connectivity index (χ0v) is 11.7. The van der Waals surface area contributed by atoms with Gasteiger partial charge in [-0.05, 0) is 0 Å². The average molecular weight is 306 g/mol. The Hall–Kier alpha value is -1.67. The highest BCUT2D eigenvalue weighted by atomic mass is 19.3. The van der Waals surface area contributed by atoms with Crippen LogP contribution in [-0.2, 0) is 9.47 Å². The zero-order chi connectivity index (χ0) is 15.6. The summed E-state index contributed by atoms with van der Waals surface area (Å²) in [5.41, 5.74) is 6.32. The van der Waals surface area contributed by atoms with Crippen LogP contribution in [0.25, 0.3) is 0 Å². The summed E-state index contributed by atoms with van der Waals surface area (Å²) in [5, 5.41) is 0. The van der Waals surface area contributed by atoms with Crippen LogP contribution in [0, 0.1) is 5.82 Å². The fourth-order valence-corrected chi connectivity index (χ4v) is 2.41. The van der Waals surface area contributed by atoms with Crippen LogP contribution in [-0.4, -0.2) is 46.1 Å². The van der Waals surface area contributed by atoms with Crippen LogP contribution in [0.3, 0.4) is 0 Å². The molecule has 8 heteroatoms. The Morgan fingerprint density at radius 1 is 1.19 bits per heavy atom. The van der Waals surface area contributed by atoms with E-state index in [1.807, 2.05) is 0 Å². The molecule has 1 aromatic rings. The van der Waals surface area contributed by atoms with Gasteiger partial charge in [-0.25, -0.2) is 4.39 Å². The Kier molecular flexibility index (Phi) is 4.79. The number of halogens is 3.